The topological polar surface area (TPSA) is 26.3 Å². The van der Waals surface area contributed by atoms with Gasteiger partial charge < -0.3 is 4.74 Å². The monoisotopic (exact) mass is 356 g/mol. The minimum atomic E-state index is -0.0306. The summed E-state index contributed by atoms with van der Waals surface area (Å²) in [4.78, 5) is 11.4. The number of unbranched alkanes of at least 4 members (excludes halogenated alkanes) is 9. The zero-order valence-electron chi connectivity index (χ0n) is 16.4. The minimum absolute atomic E-state index is 0.0258. The van der Waals surface area contributed by atoms with Gasteiger partial charge in [0.1, 0.15) is 0 Å². The average molecular weight is 357 g/mol. The van der Waals surface area contributed by atoms with E-state index in [1.807, 2.05) is 13.8 Å². The summed E-state index contributed by atoms with van der Waals surface area (Å²) in [6.45, 7) is 6.10. The molecule has 1 fully saturated rings. The summed E-state index contributed by atoms with van der Waals surface area (Å²) in [5.41, 5.74) is 0. The molecule has 2 nitrogen and oxygen atoms in total. The summed E-state index contributed by atoms with van der Waals surface area (Å²) >= 11 is 2.22. The van der Waals surface area contributed by atoms with E-state index in [0.29, 0.717) is 6.42 Å². The van der Waals surface area contributed by atoms with Crippen molar-refractivity contribution in [3.63, 3.8) is 0 Å². The minimum Gasteiger partial charge on any atom is -0.463 e. The first kappa shape index (κ1) is 21.9. The average Bonchev–Trinajstić information content (AvgIpc) is 3.27. The van der Waals surface area contributed by atoms with Gasteiger partial charge in [-0.15, -0.1) is 0 Å². The summed E-state index contributed by atoms with van der Waals surface area (Å²) in [7, 11) is 0. The Hall–Kier alpha value is -0.180. The fourth-order valence-electron chi connectivity index (χ4n) is 3.28. The van der Waals surface area contributed by atoms with Crippen molar-refractivity contribution < 1.29 is 9.53 Å². The highest BCUT2D eigenvalue weighted by atomic mass is 32.2. The van der Waals surface area contributed by atoms with Gasteiger partial charge in [-0.2, -0.15) is 11.8 Å². The van der Waals surface area contributed by atoms with Gasteiger partial charge in [-0.25, -0.2) is 0 Å². The molecule has 1 rings (SSSR count). The highest BCUT2D eigenvalue weighted by Crippen LogP contribution is 2.47. The first-order valence-corrected chi connectivity index (χ1v) is 11.4. The van der Waals surface area contributed by atoms with Gasteiger partial charge in [0.15, 0.2) is 0 Å². The smallest absolute Gasteiger partial charge is 0.306 e. The molecule has 0 radical (unpaired) electrons. The third kappa shape index (κ3) is 12.2. The molecule has 0 N–H and O–H groups in total. The maximum Gasteiger partial charge on any atom is 0.306 e. The molecule has 1 aliphatic heterocycles. The van der Waals surface area contributed by atoms with Gasteiger partial charge in [-0.1, -0.05) is 71.1 Å². The van der Waals surface area contributed by atoms with E-state index in [4.69, 9.17) is 4.74 Å². The Morgan fingerprint density at radius 2 is 1.33 bits per heavy atom. The lowest BCUT2D eigenvalue weighted by molar-refractivity contribution is -0.147. The molecule has 0 aromatic carbocycles. The van der Waals surface area contributed by atoms with Crippen molar-refractivity contribution in [1.29, 1.82) is 0 Å². The van der Waals surface area contributed by atoms with Crippen molar-refractivity contribution in [3.8, 4) is 0 Å². The first-order valence-electron chi connectivity index (χ1n) is 10.5. The quantitative estimate of drug-likeness (QED) is 0.171. The fraction of sp³-hybridized carbons (Fsp3) is 0.952. The summed E-state index contributed by atoms with van der Waals surface area (Å²) in [5, 5.41) is 1.96. The second-order valence-corrected chi connectivity index (χ2v) is 9.10. The van der Waals surface area contributed by atoms with Crippen molar-refractivity contribution >= 4 is 17.7 Å². The number of carbonyl (C=O) groups is 1. The third-order valence-electron chi connectivity index (χ3n) is 4.77. The summed E-state index contributed by atoms with van der Waals surface area (Å²) in [6.07, 6.45) is 18.2. The van der Waals surface area contributed by atoms with Crippen LogP contribution in [0.25, 0.3) is 0 Å². The molecule has 1 aliphatic rings. The van der Waals surface area contributed by atoms with Gasteiger partial charge in [0.05, 0.1) is 6.10 Å². The normalized spacial score (nSPS) is 19.7. The molecular formula is C21H40O2S. The van der Waals surface area contributed by atoms with Crippen LogP contribution in [-0.2, 0) is 9.53 Å². The predicted molar refractivity (Wildman–Crippen MR) is 107 cm³/mol. The van der Waals surface area contributed by atoms with Crippen molar-refractivity contribution in [2.45, 2.75) is 127 Å². The Balaban J connectivity index is 1.79. The molecule has 0 unspecified atom stereocenters. The Bertz CT molecular complexity index is 317. The number of hydrogen-bond acceptors (Lipinski definition) is 3. The Labute approximate surface area is 154 Å². The van der Waals surface area contributed by atoms with Gasteiger partial charge >= 0.3 is 5.97 Å². The van der Waals surface area contributed by atoms with Crippen LogP contribution in [0.1, 0.15) is 111 Å². The molecule has 24 heavy (non-hydrogen) atoms. The molecule has 0 bridgehead atoms. The largest absolute Gasteiger partial charge is 0.463 e. The Kier molecular flexibility index (Phi) is 12.8. The number of esters is 1. The maximum absolute atomic E-state index is 11.4. The van der Waals surface area contributed by atoms with E-state index in [0.717, 1.165) is 16.9 Å². The zero-order chi connectivity index (χ0) is 17.6. The summed E-state index contributed by atoms with van der Waals surface area (Å²) in [6, 6.07) is 0. The molecule has 2 atom stereocenters. The SMILES string of the molecule is CCCCCCCC[C@H]1S[C@H]1CCCCCCCC(=O)OC(C)C. The van der Waals surface area contributed by atoms with Crippen molar-refractivity contribution in [1.82, 2.24) is 0 Å². The fourth-order valence-corrected chi connectivity index (χ4v) is 4.52. The molecule has 142 valence electrons. The van der Waals surface area contributed by atoms with Crippen LogP contribution in [0.2, 0.25) is 0 Å². The molecule has 1 heterocycles. The number of hydrogen-bond donors (Lipinski definition) is 0. The van der Waals surface area contributed by atoms with E-state index in [9.17, 15) is 4.79 Å². The van der Waals surface area contributed by atoms with E-state index in [1.54, 1.807) is 0 Å². The molecule has 0 aromatic heterocycles. The molecule has 0 aromatic rings. The number of rotatable bonds is 16. The molecule has 0 amide bonds. The predicted octanol–water partition coefficient (Wildman–Crippen LogP) is 6.90. The van der Waals surface area contributed by atoms with Crippen LogP contribution in [0, 0.1) is 0 Å². The molecule has 0 aliphatic carbocycles. The Morgan fingerprint density at radius 3 is 1.88 bits per heavy atom. The number of carbonyl (C=O) groups excluding carboxylic acids is 1. The van der Waals surface area contributed by atoms with Gasteiger partial charge in [-0.05, 0) is 33.1 Å². The standard InChI is InChI=1S/C21H40O2S/c1-4-5-6-7-9-12-15-19-20(24-19)16-13-10-8-11-14-17-21(22)23-18(2)3/h18-20H,4-17H2,1-3H3/t19-,20+/m1/s1. The van der Waals surface area contributed by atoms with E-state index >= 15 is 0 Å². The van der Waals surface area contributed by atoms with Crippen LogP contribution in [-0.4, -0.2) is 22.6 Å². The molecular weight excluding hydrogens is 316 g/mol. The molecule has 1 saturated heterocycles. The molecule has 0 spiro atoms. The van der Waals surface area contributed by atoms with Gasteiger partial charge in [-0.3, -0.25) is 4.79 Å². The number of thioether (sulfide) groups is 1. The second-order valence-electron chi connectivity index (χ2n) is 7.61. The van der Waals surface area contributed by atoms with E-state index in [1.165, 1.54) is 77.0 Å². The second kappa shape index (κ2) is 14.0. The summed E-state index contributed by atoms with van der Waals surface area (Å²) < 4.78 is 5.15. The third-order valence-corrected chi connectivity index (χ3v) is 6.28. The highest BCUT2D eigenvalue weighted by Gasteiger charge is 2.36. The first-order chi connectivity index (χ1) is 11.6. The van der Waals surface area contributed by atoms with Gasteiger partial charge in [0.25, 0.3) is 0 Å². The molecule has 3 heteroatoms. The zero-order valence-corrected chi connectivity index (χ0v) is 17.2. The van der Waals surface area contributed by atoms with Crippen LogP contribution in [0.3, 0.4) is 0 Å². The van der Waals surface area contributed by atoms with Crippen LogP contribution in [0.5, 0.6) is 0 Å². The van der Waals surface area contributed by atoms with Crippen LogP contribution < -0.4 is 0 Å². The van der Waals surface area contributed by atoms with Gasteiger partial charge in [0, 0.05) is 16.9 Å². The van der Waals surface area contributed by atoms with Crippen molar-refractivity contribution in [2.24, 2.45) is 0 Å². The lowest BCUT2D eigenvalue weighted by Crippen LogP contribution is -2.10. The van der Waals surface area contributed by atoms with Crippen molar-refractivity contribution in [2.75, 3.05) is 0 Å². The van der Waals surface area contributed by atoms with Crippen LogP contribution in [0.4, 0.5) is 0 Å². The highest BCUT2D eigenvalue weighted by molar-refractivity contribution is 8.07. The van der Waals surface area contributed by atoms with Crippen LogP contribution >= 0.6 is 11.8 Å². The van der Waals surface area contributed by atoms with Crippen molar-refractivity contribution in [3.05, 3.63) is 0 Å². The molecule has 0 saturated carbocycles. The maximum atomic E-state index is 11.4. The van der Waals surface area contributed by atoms with Crippen LogP contribution in [0.15, 0.2) is 0 Å². The van der Waals surface area contributed by atoms with E-state index in [2.05, 4.69) is 18.7 Å². The van der Waals surface area contributed by atoms with E-state index < -0.39 is 0 Å². The Morgan fingerprint density at radius 1 is 0.833 bits per heavy atom. The lowest BCUT2D eigenvalue weighted by Gasteiger charge is -2.07. The van der Waals surface area contributed by atoms with E-state index in [-0.39, 0.29) is 12.1 Å². The summed E-state index contributed by atoms with van der Waals surface area (Å²) in [5.74, 6) is -0.0306. The lowest BCUT2D eigenvalue weighted by atomic mass is 10.0. The van der Waals surface area contributed by atoms with Gasteiger partial charge in [0.2, 0.25) is 0 Å². The number of ether oxygens (including phenoxy) is 1.